The number of aromatic nitrogens is 1. The van der Waals surface area contributed by atoms with Crippen LogP contribution < -0.4 is 16.5 Å². The lowest BCUT2D eigenvalue weighted by molar-refractivity contribution is -0.118. The van der Waals surface area contributed by atoms with E-state index in [2.05, 4.69) is 20.8 Å². The van der Waals surface area contributed by atoms with Gasteiger partial charge in [-0.25, -0.2) is 25.1 Å². The van der Waals surface area contributed by atoms with Crippen molar-refractivity contribution in [1.82, 2.24) is 10.5 Å². The Bertz CT molecular complexity index is 884. The molecule has 1 aromatic heterocycles. The van der Waals surface area contributed by atoms with Gasteiger partial charge in [-0.05, 0) is 24.3 Å². The Balaban J connectivity index is 1.62. The molecule has 2 heterocycles. The number of hydrogen-bond acceptors (Lipinski definition) is 8. The number of nitrogens with two attached hydrogens (primary N) is 1. The van der Waals surface area contributed by atoms with E-state index in [1.165, 1.54) is 24.4 Å². The van der Waals surface area contributed by atoms with Crippen LogP contribution in [0.2, 0.25) is 0 Å². The van der Waals surface area contributed by atoms with Crippen molar-refractivity contribution in [3.63, 3.8) is 0 Å². The second-order valence-electron chi connectivity index (χ2n) is 5.74. The molecule has 10 heteroatoms. The normalized spacial score (nSPS) is 16.9. The first-order valence-corrected chi connectivity index (χ1v) is 7.97. The number of nitrogens with one attached hydrogen (secondary N) is 2. The maximum atomic E-state index is 12.3. The third-order valence-electron chi connectivity index (χ3n) is 3.76. The highest BCUT2D eigenvalue weighted by molar-refractivity contribution is 6.02. The third-order valence-corrected chi connectivity index (χ3v) is 3.76. The van der Waals surface area contributed by atoms with E-state index in [0.29, 0.717) is 11.5 Å². The van der Waals surface area contributed by atoms with Crippen LogP contribution in [-0.2, 0) is 9.63 Å². The van der Waals surface area contributed by atoms with Gasteiger partial charge in [-0.3, -0.25) is 4.79 Å². The quantitative estimate of drug-likeness (QED) is 0.489. The highest BCUT2D eigenvalue weighted by Crippen LogP contribution is 2.17. The molecule has 0 bridgehead atoms. The first-order chi connectivity index (χ1) is 12.9. The molecule has 1 aliphatic rings. The van der Waals surface area contributed by atoms with Crippen LogP contribution in [0.15, 0.2) is 47.6 Å². The number of aromatic carboxylic acids is 1. The molecule has 27 heavy (non-hydrogen) atoms. The van der Waals surface area contributed by atoms with Gasteiger partial charge in [0.15, 0.2) is 12.1 Å². The number of amidine groups is 1. The van der Waals surface area contributed by atoms with Gasteiger partial charge in [0, 0.05) is 6.42 Å². The van der Waals surface area contributed by atoms with Crippen LogP contribution in [0.25, 0.3) is 0 Å². The zero-order valence-corrected chi connectivity index (χ0v) is 14.0. The summed E-state index contributed by atoms with van der Waals surface area (Å²) in [5.74, 6) is -1.34. The molecular weight excluding hydrogens is 354 g/mol. The number of hydroxylamine groups is 1. The number of carboxylic acid groups (broad SMARTS) is 1. The minimum absolute atomic E-state index is 0.0233. The molecule has 0 saturated carbocycles. The zero-order valence-electron chi connectivity index (χ0n) is 14.0. The number of pyridine rings is 1. The Hall–Kier alpha value is -3.50. The number of carbonyl (C=O) groups excluding carboxylic acids is 1. The number of anilines is 1. The maximum Gasteiger partial charge on any atom is 0.337 e. The number of aliphatic imine (C=N–C) groups is 1. The number of benzene rings is 1. The van der Waals surface area contributed by atoms with Crippen molar-refractivity contribution in [2.24, 2.45) is 10.7 Å². The van der Waals surface area contributed by atoms with Crippen molar-refractivity contribution >= 4 is 23.4 Å². The van der Waals surface area contributed by atoms with E-state index in [0.717, 1.165) is 0 Å². The molecule has 140 valence electrons. The van der Waals surface area contributed by atoms with Gasteiger partial charge < -0.3 is 21.3 Å². The number of carbonyl (C=O) groups is 2. The van der Waals surface area contributed by atoms with Crippen LogP contribution in [0.5, 0.6) is 5.75 Å². The number of para-hydroxylation sites is 1. The lowest BCUT2D eigenvalue weighted by Gasteiger charge is -2.15. The van der Waals surface area contributed by atoms with Gasteiger partial charge in [-0.15, -0.1) is 0 Å². The Morgan fingerprint density at radius 3 is 2.78 bits per heavy atom. The van der Waals surface area contributed by atoms with E-state index < -0.39 is 24.1 Å². The van der Waals surface area contributed by atoms with E-state index in [1.54, 1.807) is 18.2 Å². The van der Waals surface area contributed by atoms with E-state index in [-0.39, 0.29) is 23.4 Å². The van der Waals surface area contributed by atoms with E-state index in [9.17, 15) is 14.7 Å². The number of rotatable bonds is 6. The summed E-state index contributed by atoms with van der Waals surface area (Å²) in [6.07, 6.45) is 0.618. The number of amides is 1. The zero-order chi connectivity index (χ0) is 19.4. The molecule has 2 aromatic rings. The molecule has 0 saturated heterocycles. The summed E-state index contributed by atoms with van der Waals surface area (Å²) >= 11 is 0. The summed E-state index contributed by atoms with van der Waals surface area (Å²) in [4.78, 5) is 37.0. The molecule has 6 N–H and O–H groups in total. The molecule has 1 aromatic carbocycles. The molecule has 0 aliphatic carbocycles. The number of carboxylic acids is 1. The minimum Gasteiger partial charge on any atom is -0.506 e. The molecule has 1 amide bonds. The second-order valence-corrected chi connectivity index (χ2v) is 5.74. The predicted molar refractivity (Wildman–Crippen MR) is 95.1 cm³/mol. The highest BCUT2D eigenvalue weighted by atomic mass is 16.7. The summed E-state index contributed by atoms with van der Waals surface area (Å²) in [5, 5.41) is 20.9. The van der Waals surface area contributed by atoms with Gasteiger partial charge in [-0.2, -0.15) is 0 Å². The van der Waals surface area contributed by atoms with Crippen LogP contribution in [0.1, 0.15) is 22.5 Å². The van der Waals surface area contributed by atoms with Gasteiger partial charge in [0.05, 0.1) is 23.5 Å². The van der Waals surface area contributed by atoms with Crippen LogP contribution in [-0.4, -0.2) is 45.2 Å². The van der Waals surface area contributed by atoms with Crippen molar-refractivity contribution in [1.29, 1.82) is 0 Å². The molecule has 2 atom stereocenters. The lowest BCUT2D eigenvalue weighted by atomic mass is 10.1. The third kappa shape index (κ3) is 4.37. The van der Waals surface area contributed by atoms with E-state index in [1.807, 2.05) is 0 Å². The Labute approximate surface area is 153 Å². The Morgan fingerprint density at radius 1 is 1.30 bits per heavy atom. The van der Waals surface area contributed by atoms with Crippen LogP contribution in [0.3, 0.4) is 0 Å². The molecule has 10 nitrogen and oxygen atoms in total. The summed E-state index contributed by atoms with van der Waals surface area (Å²) in [7, 11) is 0. The van der Waals surface area contributed by atoms with Gasteiger partial charge in [-0.1, -0.05) is 12.1 Å². The average Bonchev–Trinajstić information content (AvgIpc) is 3.11. The van der Waals surface area contributed by atoms with Gasteiger partial charge in [0.25, 0.3) is 0 Å². The lowest BCUT2D eigenvalue weighted by Crippen LogP contribution is -2.38. The Kier molecular flexibility index (Phi) is 5.29. The summed E-state index contributed by atoms with van der Waals surface area (Å²) in [6.45, 7) is 0. The van der Waals surface area contributed by atoms with E-state index >= 15 is 0 Å². The SMILES string of the molecule is NC(CC1N=C(c2ccc(O)cn2)NO1)C(=O)Nc1ccccc1C(=O)O. The predicted octanol–water partition coefficient (Wildman–Crippen LogP) is 0.449. The molecule has 2 unspecified atom stereocenters. The number of hydrogen-bond donors (Lipinski definition) is 5. The maximum absolute atomic E-state index is 12.3. The van der Waals surface area contributed by atoms with Crippen molar-refractivity contribution < 1.29 is 24.6 Å². The van der Waals surface area contributed by atoms with Gasteiger partial charge in [0.2, 0.25) is 5.91 Å². The minimum atomic E-state index is -1.15. The fourth-order valence-corrected chi connectivity index (χ4v) is 2.39. The molecule has 3 rings (SSSR count). The fraction of sp³-hybridized carbons (Fsp3) is 0.176. The number of nitrogens with zero attached hydrogens (tertiary/aromatic N) is 2. The molecular formula is C17H17N5O5. The standard InChI is InChI=1S/C17H17N5O5/c18-11(16(24)20-12-4-2-1-3-10(12)17(25)26)7-14-21-15(22-27-14)13-6-5-9(23)8-19-13/h1-6,8,11,14,23H,7,18H2,(H,20,24)(H,21,22)(H,25,26). The van der Waals surface area contributed by atoms with Gasteiger partial charge >= 0.3 is 5.97 Å². The average molecular weight is 371 g/mol. The summed E-state index contributed by atoms with van der Waals surface area (Å²) in [5.41, 5.74) is 9.08. The first kappa shape index (κ1) is 18.3. The molecule has 0 fully saturated rings. The topological polar surface area (TPSA) is 159 Å². The van der Waals surface area contributed by atoms with Crippen molar-refractivity contribution in [3.05, 3.63) is 53.9 Å². The molecule has 0 spiro atoms. The van der Waals surface area contributed by atoms with Crippen LogP contribution in [0.4, 0.5) is 5.69 Å². The highest BCUT2D eigenvalue weighted by Gasteiger charge is 2.26. The summed E-state index contributed by atoms with van der Waals surface area (Å²) < 4.78 is 0. The Morgan fingerprint density at radius 2 is 2.07 bits per heavy atom. The van der Waals surface area contributed by atoms with Gasteiger partial charge in [0.1, 0.15) is 11.4 Å². The smallest absolute Gasteiger partial charge is 0.337 e. The monoisotopic (exact) mass is 371 g/mol. The van der Waals surface area contributed by atoms with Crippen molar-refractivity contribution in [2.75, 3.05) is 5.32 Å². The second kappa shape index (κ2) is 7.81. The van der Waals surface area contributed by atoms with E-state index in [4.69, 9.17) is 15.7 Å². The van der Waals surface area contributed by atoms with Crippen LogP contribution >= 0.6 is 0 Å². The molecule has 0 radical (unpaired) electrons. The summed E-state index contributed by atoms with van der Waals surface area (Å²) in [6, 6.07) is 8.07. The largest absolute Gasteiger partial charge is 0.506 e. The molecule has 1 aliphatic heterocycles. The van der Waals surface area contributed by atoms with Crippen LogP contribution in [0, 0.1) is 0 Å². The van der Waals surface area contributed by atoms with Crippen molar-refractivity contribution in [3.8, 4) is 5.75 Å². The van der Waals surface area contributed by atoms with Crippen molar-refractivity contribution in [2.45, 2.75) is 18.7 Å². The first-order valence-electron chi connectivity index (χ1n) is 7.97. The number of aromatic hydroxyl groups is 1. The fourth-order valence-electron chi connectivity index (χ4n) is 2.39.